The van der Waals surface area contributed by atoms with Crippen LogP contribution >= 0.6 is 12.2 Å². The molecule has 2 nitrogen and oxygen atoms in total. The Morgan fingerprint density at radius 1 is 1.56 bits per heavy atom. The van der Waals surface area contributed by atoms with Crippen molar-refractivity contribution in [3.63, 3.8) is 0 Å². The Morgan fingerprint density at radius 3 is 3.00 bits per heavy atom. The van der Waals surface area contributed by atoms with Crippen molar-refractivity contribution in [2.75, 3.05) is 0 Å². The Morgan fingerprint density at radius 2 is 2.31 bits per heavy atom. The SMILES string of the molecule is C=CCC(C)n1c(=S)[nH]c2cc(C)ccc21. The van der Waals surface area contributed by atoms with Gasteiger partial charge in [0, 0.05) is 6.04 Å². The molecular weight excluding hydrogens is 216 g/mol. The fraction of sp³-hybridized carbons (Fsp3) is 0.308. The Labute approximate surface area is 101 Å². The van der Waals surface area contributed by atoms with Crippen molar-refractivity contribution in [3.05, 3.63) is 41.2 Å². The number of nitrogens with one attached hydrogen (secondary N) is 1. The molecule has 0 saturated heterocycles. The first-order chi connectivity index (χ1) is 7.63. The van der Waals surface area contributed by atoms with Crippen molar-refractivity contribution in [1.29, 1.82) is 0 Å². The number of hydrogen-bond acceptors (Lipinski definition) is 1. The quantitative estimate of drug-likeness (QED) is 0.623. The number of hydrogen-bond donors (Lipinski definition) is 1. The van der Waals surface area contributed by atoms with Crippen molar-refractivity contribution < 1.29 is 0 Å². The van der Waals surface area contributed by atoms with E-state index >= 15 is 0 Å². The molecule has 1 heterocycles. The number of allylic oxidation sites excluding steroid dienone is 1. The minimum Gasteiger partial charge on any atom is -0.331 e. The molecule has 3 heteroatoms. The molecule has 1 unspecified atom stereocenters. The second-order valence-corrected chi connectivity index (χ2v) is 4.58. The molecule has 0 radical (unpaired) electrons. The van der Waals surface area contributed by atoms with Crippen LogP contribution in [0, 0.1) is 11.7 Å². The average molecular weight is 232 g/mol. The lowest BCUT2D eigenvalue weighted by Gasteiger charge is -2.12. The minimum absolute atomic E-state index is 0.349. The van der Waals surface area contributed by atoms with Gasteiger partial charge in [-0.1, -0.05) is 12.1 Å². The van der Waals surface area contributed by atoms with Gasteiger partial charge in [-0.15, -0.1) is 6.58 Å². The van der Waals surface area contributed by atoms with Crippen LogP contribution in [0.15, 0.2) is 30.9 Å². The van der Waals surface area contributed by atoms with Gasteiger partial charge in [0.05, 0.1) is 11.0 Å². The largest absolute Gasteiger partial charge is 0.331 e. The number of benzene rings is 1. The zero-order valence-corrected chi connectivity index (χ0v) is 10.5. The molecule has 0 aliphatic carbocycles. The summed E-state index contributed by atoms with van der Waals surface area (Å²) < 4.78 is 2.95. The van der Waals surface area contributed by atoms with Crippen molar-refractivity contribution in [1.82, 2.24) is 9.55 Å². The van der Waals surface area contributed by atoms with Crippen LogP contribution in [-0.4, -0.2) is 9.55 Å². The molecule has 1 atom stereocenters. The van der Waals surface area contributed by atoms with E-state index in [1.54, 1.807) is 0 Å². The van der Waals surface area contributed by atoms with E-state index in [-0.39, 0.29) is 0 Å². The maximum Gasteiger partial charge on any atom is 0.178 e. The standard InChI is InChI=1S/C13H16N2S/c1-4-5-10(3)15-12-7-6-9(2)8-11(12)14-13(15)16/h4,6-8,10H,1,5H2,2-3H3,(H,14,16). The third-order valence-electron chi connectivity index (χ3n) is 2.82. The fourth-order valence-corrected chi connectivity index (χ4v) is 2.42. The van der Waals surface area contributed by atoms with Gasteiger partial charge in [-0.05, 0) is 50.2 Å². The van der Waals surface area contributed by atoms with Gasteiger partial charge >= 0.3 is 0 Å². The molecule has 0 bridgehead atoms. The number of aromatic amines is 1. The highest BCUT2D eigenvalue weighted by Crippen LogP contribution is 2.22. The summed E-state index contributed by atoms with van der Waals surface area (Å²) in [7, 11) is 0. The highest BCUT2D eigenvalue weighted by atomic mass is 32.1. The zero-order valence-electron chi connectivity index (χ0n) is 9.66. The van der Waals surface area contributed by atoms with E-state index in [0.29, 0.717) is 6.04 Å². The van der Waals surface area contributed by atoms with E-state index in [2.05, 4.69) is 48.2 Å². The Bertz CT molecular complexity index is 577. The van der Waals surface area contributed by atoms with Crippen molar-refractivity contribution in [2.45, 2.75) is 26.3 Å². The summed E-state index contributed by atoms with van der Waals surface area (Å²) in [6.07, 6.45) is 2.86. The number of rotatable bonds is 3. The van der Waals surface area contributed by atoms with Gasteiger partial charge in [0.25, 0.3) is 0 Å². The average Bonchev–Trinajstić information content (AvgIpc) is 2.53. The van der Waals surface area contributed by atoms with Gasteiger partial charge < -0.3 is 9.55 Å². The van der Waals surface area contributed by atoms with Crippen molar-refractivity contribution in [3.8, 4) is 0 Å². The molecule has 16 heavy (non-hydrogen) atoms. The van der Waals surface area contributed by atoms with E-state index in [4.69, 9.17) is 12.2 Å². The molecule has 1 N–H and O–H groups in total. The van der Waals surface area contributed by atoms with Crippen LogP contribution in [0.3, 0.4) is 0 Å². The lowest BCUT2D eigenvalue weighted by atomic mass is 10.2. The summed E-state index contributed by atoms with van der Waals surface area (Å²) in [6, 6.07) is 6.71. The third-order valence-corrected chi connectivity index (χ3v) is 3.12. The number of aromatic nitrogens is 2. The van der Waals surface area contributed by atoms with Crippen LogP contribution in [0.5, 0.6) is 0 Å². The molecule has 0 aliphatic heterocycles. The van der Waals surface area contributed by atoms with Crippen molar-refractivity contribution in [2.24, 2.45) is 0 Å². The number of imidazole rings is 1. The summed E-state index contributed by atoms with van der Waals surface area (Å²) in [5.41, 5.74) is 3.53. The highest BCUT2D eigenvalue weighted by molar-refractivity contribution is 7.71. The molecule has 0 spiro atoms. The molecule has 84 valence electrons. The van der Waals surface area contributed by atoms with Gasteiger partial charge in [-0.3, -0.25) is 0 Å². The Balaban J connectivity index is 2.64. The monoisotopic (exact) mass is 232 g/mol. The number of nitrogens with zero attached hydrogens (tertiary/aromatic N) is 1. The van der Waals surface area contributed by atoms with E-state index in [0.717, 1.165) is 16.7 Å². The first-order valence-electron chi connectivity index (χ1n) is 5.45. The first-order valence-corrected chi connectivity index (χ1v) is 5.86. The predicted molar refractivity (Wildman–Crippen MR) is 71.4 cm³/mol. The van der Waals surface area contributed by atoms with Crippen LogP contribution in [0.25, 0.3) is 11.0 Å². The highest BCUT2D eigenvalue weighted by Gasteiger charge is 2.09. The predicted octanol–water partition coefficient (Wildman–Crippen LogP) is 4.14. The molecule has 0 fully saturated rings. The summed E-state index contributed by atoms with van der Waals surface area (Å²) in [6.45, 7) is 8.02. The van der Waals surface area contributed by atoms with Crippen LogP contribution in [0.1, 0.15) is 24.9 Å². The maximum absolute atomic E-state index is 5.36. The van der Waals surface area contributed by atoms with E-state index in [9.17, 15) is 0 Å². The topological polar surface area (TPSA) is 20.7 Å². The fourth-order valence-electron chi connectivity index (χ4n) is 2.03. The third kappa shape index (κ3) is 1.83. The van der Waals surface area contributed by atoms with E-state index < -0.39 is 0 Å². The van der Waals surface area contributed by atoms with Gasteiger partial charge in [0.2, 0.25) is 0 Å². The summed E-state index contributed by atoms with van der Waals surface area (Å²) in [5, 5.41) is 0. The van der Waals surface area contributed by atoms with Crippen LogP contribution in [0.2, 0.25) is 0 Å². The lowest BCUT2D eigenvalue weighted by molar-refractivity contribution is 0.564. The van der Waals surface area contributed by atoms with Gasteiger partial charge in [-0.25, -0.2) is 0 Å². The van der Waals surface area contributed by atoms with Gasteiger partial charge in [0.15, 0.2) is 4.77 Å². The molecule has 1 aromatic heterocycles. The van der Waals surface area contributed by atoms with E-state index in [1.165, 1.54) is 11.1 Å². The summed E-state index contributed by atoms with van der Waals surface area (Å²) in [5.74, 6) is 0. The normalized spacial score (nSPS) is 12.9. The second kappa shape index (κ2) is 4.26. The molecule has 2 aromatic rings. The molecule has 2 rings (SSSR count). The number of aryl methyl sites for hydroxylation is 1. The molecule has 0 aliphatic rings. The van der Waals surface area contributed by atoms with Crippen LogP contribution < -0.4 is 0 Å². The van der Waals surface area contributed by atoms with E-state index in [1.807, 2.05) is 6.08 Å². The Hall–Kier alpha value is -1.35. The van der Waals surface area contributed by atoms with Crippen molar-refractivity contribution >= 4 is 23.3 Å². The zero-order chi connectivity index (χ0) is 11.7. The number of H-pyrrole nitrogens is 1. The molecular formula is C13H16N2S. The van der Waals surface area contributed by atoms with Crippen LogP contribution in [-0.2, 0) is 0 Å². The van der Waals surface area contributed by atoms with Gasteiger partial charge in [-0.2, -0.15) is 0 Å². The molecule has 0 amide bonds. The maximum atomic E-state index is 5.36. The van der Waals surface area contributed by atoms with Crippen LogP contribution in [0.4, 0.5) is 0 Å². The Kier molecular flexibility index (Phi) is 2.97. The minimum atomic E-state index is 0.349. The number of fused-ring (bicyclic) bond motifs is 1. The second-order valence-electron chi connectivity index (χ2n) is 4.19. The molecule has 1 aromatic carbocycles. The lowest BCUT2D eigenvalue weighted by Crippen LogP contribution is -2.03. The van der Waals surface area contributed by atoms with Gasteiger partial charge in [0.1, 0.15) is 0 Å². The molecule has 0 saturated carbocycles. The summed E-state index contributed by atoms with van der Waals surface area (Å²) in [4.78, 5) is 3.25. The first kappa shape index (κ1) is 11.1. The smallest absolute Gasteiger partial charge is 0.178 e. The summed E-state index contributed by atoms with van der Waals surface area (Å²) >= 11 is 5.36.